The van der Waals surface area contributed by atoms with Crippen LogP contribution in [0.5, 0.6) is 5.75 Å². The Morgan fingerprint density at radius 2 is 2.13 bits per heavy atom. The molecule has 10 heteroatoms. The predicted molar refractivity (Wildman–Crippen MR) is 112 cm³/mol. The molecule has 30 heavy (non-hydrogen) atoms. The van der Waals surface area contributed by atoms with E-state index in [1.807, 2.05) is 6.08 Å². The monoisotopic (exact) mass is 426 g/mol. The fourth-order valence-electron chi connectivity index (χ4n) is 3.57. The molecule has 2 aliphatic rings. The number of nitrogens with two attached hydrogens (primary N) is 1. The van der Waals surface area contributed by atoms with Crippen molar-refractivity contribution in [3.05, 3.63) is 59.8 Å². The van der Waals surface area contributed by atoms with Gasteiger partial charge in [0.15, 0.2) is 11.0 Å². The van der Waals surface area contributed by atoms with Crippen LogP contribution in [0.3, 0.4) is 0 Å². The van der Waals surface area contributed by atoms with E-state index in [1.165, 1.54) is 30.2 Å². The number of fused-ring (bicyclic) bond motifs is 2. The molecule has 2 aromatic heterocycles. The average molecular weight is 426 g/mol. The van der Waals surface area contributed by atoms with Gasteiger partial charge in [-0.2, -0.15) is 0 Å². The Kier molecular flexibility index (Phi) is 4.31. The van der Waals surface area contributed by atoms with Crippen molar-refractivity contribution in [2.45, 2.75) is 10.8 Å². The third-order valence-electron chi connectivity index (χ3n) is 5.11. The summed E-state index contributed by atoms with van der Waals surface area (Å²) in [6.07, 6.45) is 4.81. The number of rotatable bonds is 5. The van der Waals surface area contributed by atoms with Crippen molar-refractivity contribution in [1.82, 2.24) is 15.0 Å². The maximum absolute atomic E-state index is 14.8. The summed E-state index contributed by atoms with van der Waals surface area (Å²) in [5, 5.41) is 3.34. The highest BCUT2D eigenvalue weighted by atomic mass is 32.2. The van der Waals surface area contributed by atoms with Crippen molar-refractivity contribution in [3.8, 4) is 5.75 Å². The number of aliphatic imine (C=N–C) groups is 1. The van der Waals surface area contributed by atoms with Crippen molar-refractivity contribution in [3.63, 3.8) is 0 Å². The summed E-state index contributed by atoms with van der Waals surface area (Å²) in [5.41, 5.74) is 6.93. The van der Waals surface area contributed by atoms with E-state index < -0.39 is 18.0 Å². The summed E-state index contributed by atoms with van der Waals surface area (Å²) in [4.78, 5) is 17.1. The Balaban J connectivity index is 1.56. The van der Waals surface area contributed by atoms with Crippen molar-refractivity contribution in [2.24, 2.45) is 10.7 Å². The minimum Gasteiger partial charge on any atom is -0.495 e. The highest BCUT2D eigenvalue weighted by Gasteiger charge is 2.51. The second-order valence-electron chi connectivity index (χ2n) is 6.89. The quantitative estimate of drug-likeness (QED) is 0.603. The number of amidine groups is 1. The number of anilines is 2. The average Bonchev–Trinajstić information content (AvgIpc) is 3.54. The van der Waals surface area contributed by atoms with Gasteiger partial charge in [0.1, 0.15) is 35.6 Å². The predicted octanol–water partition coefficient (Wildman–Crippen LogP) is 3.45. The molecule has 152 valence electrons. The number of hydrogen-bond donors (Lipinski definition) is 2. The standard InChI is InChI=1S/C20H16F2N6OS/c1-29-11-5-15-17(24-7-11)18(26-9-25-15)27-10-2-3-14(22)12(4-10)20(8-21)13-6-16(13)30-19(23)28-20/h2-7,9,16H,8H2,1H3,(H2,23,28)(H,25,26,27)/t16-,20-/m1/s1. The maximum atomic E-state index is 14.8. The van der Waals surface area contributed by atoms with E-state index in [0.29, 0.717) is 28.3 Å². The number of pyridine rings is 1. The molecule has 0 fully saturated rings. The van der Waals surface area contributed by atoms with Gasteiger partial charge in [-0.25, -0.2) is 28.7 Å². The van der Waals surface area contributed by atoms with Gasteiger partial charge < -0.3 is 15.8 Å². The van der Waals surface area contributed by atoms with E-state index in [1.54, 1.807) is 25.4 Å². The van der Waals surface area contributed by atoms with Crippen LogP contribution < -0.4 is 15.8 Å². The van der Waals surface area contributed by atoms with Gasteiger partial charge in [-0.05, 0) is 23.8 Å². The topological polar surface area (TPSA) is 98.3 Å². The summed E-state index contributed by atoms with van der Waals surface area (Å²) in [6.45, 7) is -0.880. The Morgan fingerprint density at radius 3 is 2.93 bits per heavy atom. The molecule has 0 spiro atoms. The number of hydrogen-bond acceptors (Lipinski definition) is 8. The first-order valence-electron chi connectivity index (χ1n) is 9.06. The van der Waals surface area contributed by atoms with Crippen LogP contribution in [-0.2, 0) is 5.54 Å². The molecule has 1 aliphatic carbocycles. The first-order valence-corrected chi connectivity index (χ1v) is 9.94. The number of alkyl halides is 1. The van der Waals surface area contributed by atoms with Crippen LogP contribution >= 0.6 is 11.8 Å². The third kappa shape index (κ3) is 2.95. The molecule has 0 bridgehead atoms. The Morgan fingerprint density at radius 1 is 1.27 bits per heavy atom. The van der Waals surface area contributed by atoms with Gasteiger partial charge in [-0.15, -0.1) is 0 Å². The summed E-state index contributed by atoms with van der Waals surface area (Å²) >= 11 is 1.34. The largest absolute Gasteiger partial charge is 0.495 e. The lowest BCUT2D eigenvalue weighted by atomic mass is 9.87. The van der Waals surface area contributed by atoms with E-state index in [0.717, 1.165) is 5.57 Å². The zero-order valence-electron chi connectivity index (χ0n) is 15.8. The lowest BCUT2D eigenvalue weighted by molar-refractivity contribution is 0.351. The molecule has 3 aromatic rings. The molecule has 0 radical (unpaired) electrons. The van der Waals surface area contributed by atoms with Gasteiger partial charge in [0.2, 0.25) is 0 Å². The van der Waals surface area contributed by atoms with Crippen molar-refractivity contribution in [1.29, 1.82) is 0 Å². The highest BCUT2D eigenvalue weighted by Crippen LogP contribution is 2.53. The number of methoxy groups -OCH3 is 1. The van der Waals surface area contributed by atoms with Gasteiger partial charge >= 0.3 is 0 Å². The van der Waals surface area contributed by atoms with Crippen LogP contribution in [0.1, 0.15) is 5.56 Å². The van der Waals surface area contributed by atoms with E-state index in [4.69, 9.17) is 10.5 Å². The summed E-state index contributed by atoms with van der Waals surface area (Å²) in [7, 11) is 1.54. The molecule has 0 amide bonds. The van der Waals surface area contributed by atoms with Crippen molar-refractivity contribution in [2.75, 3.05) is 19.1 Å². The highest BCUT2D eigenvalue weighted by molar-refractivity contribution is 8.14. The number of benzene rings is 1. The summed E-state index contributed by atoms with van der Waals surface area (Å²) in [5.74, 6) is 0.447. The molecule has 0 saturated heterocycles. The molecule has 2 atom stereocenters. The Hall–Kier alpha value is -3.27. The SMILES string of the molecule is COc1cnc2c(Nc3ccc(F)c([C@@]4(CF)N=C(N)S[C@@H]5C=C54)c3)ncnc2c1. The molecule has 7 nitrogen and oxygen atoms in total. The zero-order valence-corrected chi connectivity index (χ0v) is 16.6. The minimum atomic E-state index is -1.43. The van der Waals surface area contributed by atoms with Crippen LogP contribution in [0.4, 0.5) is 20.3 Å². The van der Waals surface area contributed by atoms with E-state index in [-0.39, 0.29) is 16.0 Å². The number of thioether (sulfide) groups is 1. The second-order valence-corrected chi connectivity index (χ2v) is 8.05. The number of halogens is 2. The molecular weight excluding hydrogens is 410 g/mol. The van der Waals surface area contributed by atoms with Crippen molar-refractivity contribution < 1.29 is 13.5 Å². The number of nitrogens with zero attached hydrogens (tertiary/aromatic N) is 4. The fraction of sp³-hybridized carbons (Fsp3) is 0.200. The van der Waals surface area contributed by atoms with Gasteiger partial charge in [0, 0.05) is 17.3 Å². The maximum Gasteiger partial charge on any atom is 0.160 e. The lowest BCUT2D eigenvalue weighted by Gasteiger charge is -2.30. The van der Waals surface area contributed by atoms with Gasteiger partial charge in [-0.3, -0.25) is 0 Å². The van der Waals surface area contributed by atoms with Crippen LogP contribution in [-0.4, -0.2) is 39.2 Å². The van der Waals surface area contributed by atoms with E-state index in [9.17, 15) is 8.78 Å². The molecule has 0 unspecified atom stereocenters. The molecule has 3 N–H and O–H groups in total. The van der Waals surface area contributed by atoms with Crippen LogP contribution in [0.15, 0.2) is 53.4 Å². The normalized spacial score (nSPS) is 22.2. The number of aromatic nitrogens is 3. The summed E-state index contributed by atoms with van der Waals surface area (Å²) in [6, 6.07) is 6.10. The minimum absolute atomic E-state index is 0.0285. The number of ether oxygens (including phenoxy) is 1. The van der Waals surface area contributed by atoms with Crippen LogP contribution in [0, 0.1) is 5.82 Å². The smallest absolute Gasteiger partial charge is 0.160 e. The first kappa shape index (κ1) is 18.7. The van der Waals surface area contributed by atoms with Crippen LogP contribution in [0.25, 0.3) is 11.0 Å². The molecular formula is C20H16F2N6OS. The van der Waals surface area contributed by atoms with Gasteiger partial charge in [0.05, 0.1) is 24.1 Å². The first-order chi connectivity index (χ1) is 14.5. The van der Waals surface area contributed by atoms with E-state index in [2.05, 4.69) is 25.3 Å². The Labute approximate surface area is 174 Å². The lowest BCUT2D eigenvalue weighted by Crippen LogP contribution is -2.34. The molecule has 1 aliphatic heterocycles. The summed E-state index contributed by atoms with van der Waals surface area (Å²) < 4.78 is 34.2. The van der Waals surface area contributed by atoms with Gasteiger partial charge in [0.25, 0.3) is 0 Å². The molecule has 1 aromatic carbocycles. The molecule has 0 saturated carbocycles. The number of nitrogens with one attached hydrogen (secondary N) is 1. The zero-order chi connectivity index (χ0) is 20.9. The Bertz CT molecular complexity index is 1230. The van der Waals surface area contributed by atoms with Gasteiger partial charge in [-0.1, -0.05) is 17.8 Å². The second kappa shape index (κ2) is 6.91. The third-order valence-corrected chi connectivity index (χ3v) is 6.09. The van der Waals surface area contributed by atoms with Crippen molar-refractivity contribution >= 4 is 39.5 Å². The molecule has 3 heterocycles. The van der Waals surface area contributed by atoms with Crippen LogP contribution in [0.2, 0.25) is 0 Å². The molecule has 5 rings (SSSR count). The van der Waals surface area contributed by atoms with E-state index >= 15 is 0 Å². The fourth-order valence-corrected chi connectivity index (χ4v) is 4.58.